The number of phenols is 1. The van der Waals surface area contributed by atoms with E-state index in [1.807, 2.05) is 6.92 Å². The third-order valence-corrected chi connectivity index (χ3v) is 3.62. The van der Waals surface area contributed by atoms with Gasteiger partial charge in [-0.05, 0) is 38.8 Å². The molecule has 5 nitrogen and oxygen atoms in total. The second-order valence-electron chi connectivity index (χ2n) is 5.49. The van der Waals surface area contributed by atoms with Crippen molar-refractivity contribution in [2.24, 2.45) is 5.92 Å². The number of nitrogens with one attached hydrogen (secondary N) is 1. The summed E-state index contributed by atoms with van der Waals surface area (Å²) in [5.74, 6) is -1.27. The molecule has 0 aliphatic heterocycles. The Bertz CT molecular complexity index is 513. The van der Waals surface area contributed by atoms with Gasteiger partial charge in [0.15, 0.2) is 0 Å². The van der Waals surface area contributed by atoms with E-state index >= 15 is 0 Å². The molecule has 0 fully saturated rings. The van der Waals surface area contributed by atoms with Gasteiger partial charge < -0.3 is 15.5 Å². The van der Waals surface area contributed by atoms with Gasteiger partial charge in [0.1, 0.15) is 5.75 Å². The van der Waals surface area contributed by atoms with E-state index in [-0.39, 0.29) is 23.6 Å². The van der Waals surface area contributed by atoms with E-state index in [4.69, 9.17) is 5.11 Å². The van der Waals surface area contributed by atoms with Gasteiger partial charge in [-0.1, -0.05) is 19.4 Å². The van der Waals surface area contributed by atoms with Crippen molar-refractivity contribution in [3.8, 4) is 5.75 Å². The number of carbonyl (C=O) groups is 2. The van der Waals surface area contributed by atoms with Crippen LogP contribution in [0.15, 0.2) is 18.2 Å². The average Bonchev–Trinajstić information content (AvgIpc) is 2.41. The van der Waals surface area contributed by atoms with Crippen LogP contribution in [0.4, 0.5) is 0 Å². The first-order valence-electron chi connectivity index (χ1n) is 7.15. The molecule has 5 heteroatoms. The smallest absolute Gasteiger partial charge is 0.306 e. The number of benzene rings is 1. The Morgan fingerprint density at radius 3 is 2.52 bits per heavy atom. The van der Waals surface area contributed by atoms with Crippen molar-refractivity contribution in [2.45, 2.75) is 46.1 Å². The van der Waals surface area contributed by atoms with Crippen LogP contribution < -0.4 is 5.32 Å². The second-order valence-corrected chi connectivity index (χ2v) is 5.49. The monoisotopic (exact) mass is 293 g/mol. The highest BCUT2D eigenvalue weighted by atomic mass is 16.4. The van der Waals surface area contributed by atoms with Gasteiger partial charge in [-0.25, -0.2) is 0 Å². The van der Waals surface area contributed by atoms with Gasteiger partial charge in [0.25, 0.3) is 5.91 Å². The standard InChI is InChI=1S/C16H23NO4/c1-10(16(20)21)6-4-7-11(2)17-15(19)13-8-5-9-14(18)12(13)3/h5,8-11,18H,4,6-7H2,1-3H3,(H,17,19)(H,20,21). The molecule has 0 aliphatic rings. The molecule has 0 aromatic heterocycles. The molecule has 0 spiro atoms. The molecule has 0 aliphatic carbocycles. The topological polar surface area (TPSA) is 86.6 Å². The van der Waals surface area contributed by atoms with Crippen molar-refractivity contribution in [2.75, 3.05) is 0 Å². The lowest BCUT2D eigenvalue weighted by Gasteiger charge is -2.15. The number of carboxylic acids is 1. The summed E-state index contributed by atoms with van der Waals surface area (Å²) in [5, 5.41) is 21.3. The van der Waals surface area contributed by atoms with Crippen LogP contribution in [0.2, 0.25) is 0 Å². The molecule has 0 heterocycles. The molecule has 2 atom stereocenters. The summed E-state index contributed by atoms with van der Waals surface area (Å²) >= 11 is 0. The molecule has 2 unspecified atom stereocenters. The van der Waals surface area contributed by atoms with Gasteiger partial charge in [0.05, 0.1) is 5.92 Å². The van der Waals surface area contributed by atoms with Crippen molar-refractivity contribution in [1.82, 2.24) is 5.32 Å². The van der Waals surface area contributed by atoms with Crippen LogP contribution in [0.5, 0.6) is 5.75 Å². The van der Waals surface area contributed by atoms with E-state index in [0.29, 0.717) is 17.5 Å². The summed E-state index contributed by atoms with van der Waals surface area (Å²) in [4.78, 5) is 22.8. The van der Waals surface area contributed by atoms with Crippen LogP contribution in [-0.4, -0.2) is 28.1 Å². The minimum absolute atomic E-state index is 0.0414. The molecule has 0 radical (unpaired) electrons. The van der Waals surface area contributed by atoms with Crippen LogP contribution in [0.3, 0.4) is 0 Å². The van der Waals surface area contributed by atoms with Crippen LogP contribution in [0.25, 0.3) is 0 Å². The Morgan fingerprint density at radius 1 is 1.24 bits per heavy atom. The zero-order valence-electron chi connectivity index (χ0n) is 12.7. The first-order chi connectivity index (χ1) is 9.82. The number of amides is 1. The molecule has 0 saturated heterocycles. The molecule has 0 bridgehead atoms. The minimum Gasteiger partial charge on any atom is -0.508 e. The summed E-state index contributed by atoms with van der Waals surface area (Å²) in [6.07, 6.45) is 2.07. The van der Waals surface area contributed by atoms with Crippen molar-refractivity contribution in [3.63, 3.8) is 0 Å². The maximum atomic E-state index is 12.1. The number of carbonyl (C=O) groups excluding carboxylic acids is 1. The van der Waals surface area contributed by atoms with Crippen molar-refractivity contribution < 1.29 is 19.8 Å². The minimum atomic E-state index is -0.790. The third-order valence-electron chi connectivity index (χ3n) is 3.62. The van der Waals surface area contributed by atoms with Gasteiger partial charge in [-0.15, -0.1) is 0 Å². The fraction of sp³-hybridized carbons (Fsp3) is 0.500. The van der Waals surface area contributed by atoms with E-state index in [1.165, 1.54) is 0 Å². The number of phenolic OH excluding ortho intramolecular Hbond substituents is 1. The van der Waals surface area contributed by atoms with Gasteiger partial charge in [0, 0.05) is 17.2 Å². The summed E-state index contributed by atoms with van der Waals surface area (Å²) in [6, 6.07) is 4.81. The molecular formula is C16H23NO4. The third kappa shape index (κ3) is 5.10. The lowest BCUT2D eigenvalue weighted by molar-refractivity contribution is -0.141. The fourth-order valence-corrected chi connectivity index (χ4v) is 2.10. The predicted molar refractivity (Wildman–Crippen MR) is 80.4 cm³/mol. The Kier molecular flexibility index (Phi) is 6.21. The van der Waals surface area contributed by atoms with E-state index in [0.717, 1.165) is 12.8 Å². The normalized spacial score (nSPS) is 13.5. The quantitative estimate of drug-likeness (QED) is 0.721. The zero-order chi connectivity index (χ0) is 16.0. The highest BCUT2D eigenvalue weighted by Gasteiger charge is 2.15. The Balaban J connectivity index is 2.47. The highest BCUT2D eigenvalue weighted by Crippen LogP contribution is 2.19. The molecule has 0 saturated carbocycles. The van der Waals surface area contributed by atoms with Crippen LogP contribution in [0, 0.1) is 12.8 Å². The van der Waals surface area contributed by atoms with E-state index < -0.39 is 5.97 Å². The zero-order valence-corrected chi connectivity index (χ0v) is 12.7. The molecule has 1 aromatic carbocycles. The number of aliphatic carboxylic acids is 1. The lowest BCUT2D eigenvalue weighted by atomic mass is 10.0. The van der Waals surface area contributed by atoms with Gasteiger partial charge in [-0.2, -0.15) is 0 Å². The van der Waals surface area contributed by atoms with Crippen LogP contribution in [-0.2, 0) is 4.79 Å². The largest absolute Gasteiger partial charge is 0.508 e. The number of rotatable bonds is 7. The van der Waals surface area contributed by atoms with Crippen LogP contribution >= 0.6 is 0 Å². The summed E-state index contributed by atoms with van der Waals surface area (Å²) in [6.45, 7) is 5.27. The lowest BCUT2D eigenvalue weighted by Crippen LogP contribution is -2.33. The van der Waals surface area contributed by atoms with Crippen molar-refractivity contribution in [3.05, 3.63) is 29.3 Å². The molecule has 21 heavy (non-hydrogen) atoms. The number of hydrogen-bond acceptors (Lipinski definition) is 3. The molecule has 1 amide bonds. The first-order valence-corrected chi connectivity index (χ1v) is 7.15. The predicted octanol–water partition coefficient (Wildman–Crippen LogP) is 2.71. The molecule has 3 N–H and O–H groups in total. The van der Waals surface area contributed by atoms with Crippen LogP contribution in [0.1, 0.15) is 49.0 Å². The number of carboxylic acid groups (broad SMARTS) is 1. The summed E-state index contributed by atoms with van der Waals surface area (Å²) in [7, 11) is 0. The molecular weight excluding hydrogens is 270 g/mol. The highest BCUT2D eigenvalue weighted by molar-refractivity contribution is 5.96. The van der Waals surface area contributed by atoms with Crippen molar-refractivity contribution >= 4 is 11.9 Å². The second kappa shape index (κ2) is 7.67. The van der Waals surface area contributed by atoms with Gasteiger partial charge in [0.2, 0.25) is 0 Å². The van der Waals surface area contributed by atoms with Gasteiger partial charge in [-0.3, -0.25) is 9.59 Å². The Labute approximate surface area is 125 Å². The maximum Gasteiger partial charge on any atom is 0.306 e. The molecule has 116 valence electrons. The average molecular weight is 293 g/mol. The number of aromatic hydroxyl groups is 1. The fourth-order valence-electron chi connectivity index (χ4n) is 2.10. The summed E-state index contributed by atoms with van der Waals surface area (Å²) in [5.41, 5.74) is 1.02. The van der Waals surface area contributed by atoms with E-state index in [1.54, 1.807) is 32.0 Å². The first kappa shape index (κ1) is 17.0. The van der Waals surface area contributed by atoms with E-state index in [2.05, 4.69) is 5.32 Å². The summed E-state index contributed by atoms with van der Waals surface area (Å²) < 4.78 is 0. The Morgan fingerprint density at radius 2 is 1.90 bits per heavy atom. The van der Waals surface area contributed by atoms with Gasteiger partial charge >= 0.3 is 5.97 Å². The maximum absolute atomic E-state index is 12.1. The molecule has 1 rings (SSSR count). The Hall–Kier alpha value is -2.04. The molecule has 1 aromatic rings. The number of hydrogen-bond donors (Lipinski definition) is 3. The van der Waals surface area contributed by atoms with Crippen molar-refractivity contribution in [1.29, 1.82) is 0 Å². The van der Waals surface area contributed by atoms with E-state index in [9.17, 15) is 14.7 Å². The SMILES string of the molecule is Cc1c(O)cccc1C(=O)NC(C)CCCC(C)C(=O)O.